The van der Waals surface area contributed by atoms with Crippen LogP contribution in [0.1, 0.15) is 265 Å². The van der Waals surface area contributed by atoms with E-state index in [9.17, 15) is 14.4 Å². The van der Waals surface area contributed by atoms with Crippen molar-refractivity contribution in [2.75, 3.05) is 13.2 Å². The number of carbonyl (C=O) groups is 3. The molecule has 0 aromatic rings. The van der Waals surface area contributed by atoms with Gasteiger partial charge in [0.05, 0.1) is 0 Å². The summed E-state index contributed by atoms with van der Waals surface area (Å²) in [6.45, 7) is 6.44. The molecule has 0 heterocycles. The van der Waals surface area contributed by atoms with Gasteiger partial charge in [-0.3, -0.25) is 14.4 Å². The van der Waals surface area contributed by atoms with Crippen molar-refractivity contribution in [1.82, 2.24) is 0 Å². The van der Waals surface area contributed by atoms with Crippen molar-refractivity contribution in [2.24, 2.45) is 0 Å². The van der Waals surface area contributed by atoms with Crippen LogP contribution in [0, 0.1) is 0 Å². The van der Waals surface area contributed by atoms with Gasteiger partial charge in [0, 0.05) is 19.3 Å². The molecule has 1 unspecified atom stereocenters. The fourth-order valence-electron chi connectivity index (χ4n) is 7.57. The second kappa shape index (κ2) is 53.5. The molecule has 0 saturated carbocycles. The second-order valence-electron chi connectivity index (χ2n) is 18.1. The molecule has 65 heavy (non-hydrogen) atoms. The minimum atomic E-state index is -0.774. The topological polar surface area (TPSA) is 78.9 Å². The average molecular weight is 907 g/mol. The lowest BCUT2D eigenvalue weighted by Crippen LogP contribution is -2.30. The molecule has 0 aromatic carbocycles. The molecule has 0 spiro atoms. The number of allylic oxidation sites excluding steroid dienone is 12. The van der Waals surface area contributed by atoms with E-state index in [4.69, 9.17) is 14.2 Å². The third-order valence-electron chi connectivity index (χ3n) is 11.7. The Morgan fingerprint density at radius 1 is 0.323 bits per heavy atom. The van der Waals surface area contributed by atoms with Crippen molar-refractivity contribution in [2.45, 2.75) is 271 Å². The number of ether oxygens (including phenoxy) is 3. The van der Waals surface area contributed by atoms with Gasteiger partial charge in [-0.25, -0.2) is 0 Å². The Morgan fingerprint density at radius 2 is 0.615 bits per heavy atom. The third-order valence-corrected chi connectivity index (χ3v) is 11.7. The maximum atomic E-state index is 12.7. The van der Waals surface area contributed by atoms with E-state index >= 15 is 0 Å². The van der Waals surface area contributed by atoms with Crippen LogP contribution in [0.25, 0.3) is 0 Å². The summed E-state index contributed by atoms with van der Waals surface area (Å²) in [5.74, 6) is -0.891. The standard InChI is InChI=1S/C59H102O6/c1-4-7-10-13-16-18-20-21-22-23-24-25-26-27-28-29-30-31-32-33-34-35-36-37-39-40-43-46-49-52-58(61)64-55-56(54-63-57(60)51-48-45-42-15-12-9-6-3)65-59(62)53-50-47-44-41-38-19-17-14-11-8-5-2/h7,10,14,16-18,21-22,24-25,27-28,56H,4-6,8-9,11-13,15,19-20,23,26,29-55H2,1-3H3/b10-7-,17-14-,18-16-,22-21-,25-24-,28-27-. The predicted molar refractivity (Wildman–Crippen MR) is 279 cm³/mol. The Kier molecular flexibility index (Phi) is 50.9. The van der Waals surface area contributed by atoms with Crippen molar-refractivity contribution in [1.29, 1.82) is 0 Å². The Bertz CT molecular complexity index is 1230. The molecular formula is C59H102O6. The van der Waals surface area contributed by atoms with E-state index in [2.05, 4.69) is 93.7 Å². The van der Waals surface area contributed by atoms with Crippen LogP contribution in [0.5, 0.6) is 0 Å². The van der Waals surface area contributed by atoms with Crippen LogP contribution in [0.4, 0.5) is 0 Å². The maximum Gasteiger partial charge on any atom is 0.306 e. The molecule has 6 nitrogen and oxygen atoms in total. The van der Waals surface area contributed by atoms with E-state index < -0.39 is 6.10 Å². The molecule has 0 N–H and O–H groups in total. The van der Waals surface area contributed by atoms with Crippen LogP contribution in [0.15, 0.2) is 72.9 Å². The molecule has 1 atom stereocenters. The van der Waals surface area contributed by atoms with Crippen LogP contribution in [-0.4, -0.2) is 37.2 Å². The van der Waals surface area contributed by atoms with Gasteiger partial charge < -0.3 is 14.2 Å². The zero-order chi connectivity index (χ0) is 47.2. The first-order valence-electron chi connectivity index (χ1n) is 27.4. The molecule has 0 radical (unpaired) electrons. The highest BCUT2D eigenvalue weighted by Gasteiger charge is 2.19. The molecule has 0 aliphatic heterocycles. The summed E-state index contributed by atoms with van der Waals surface area (Å²) >= 11 is 0. The van der Waals surface area contributed by atoms with Gasteiger partial charge in [-0.2, -0.15) is 0 Å². The summed E-state index contributed by atoms with van der Waals surface area (Å²) in [6, 6.07) is 0. The summed E-state index contributed by atoms with van der Waals surface area (Å²) < 4.78 is 16.7. The monoisotopic (exact) mass is 907 g/mol. The third kappa shape index (κ3) is 51.7. The lowest BCUT2D eigenvalue weighted by Gasteiger charge is -2.18. The summed E-state index contributed by atoms with van der Waals surface area (Å²) in [4.78, 5) is 37.8. The van der Waals surface area contributed by atoms with Crippen LogP contribution in [0.2, 0.25) is 0 Å². The largest absolute Gasteiger partial charge is 0.462 e. The Labute approximate surface area is 402 Å². The minimum absolute atomic E-state index is 0.0768. The zero-order valence-corrected chi connectivity index (χ0v) is 42.7. The van der Waals surface area contributed by atoms with Gasteiger partial charge >= 0.3 is 17.9 Å². The number of hydrogen-bond acceptors (Lipinski definition) is 6. The SMILES string of the molecule is CC/C=C\C/C=C\C/C=C\C/C=C\C/C=C\CCCCCCCCCCCCCCCC(=O)OCC(COC(=O)CCCCCCCCC)OC(=O)CCCCCCC/C=C\CCCC. The van der Waals surface area contributed by atoms with Gasteiger partial charge in [0.15, 0.2) is 6.10 Å². The Hall–Kier alpha value is -3.15. The van der Waals surface area contributed by atoms with E-state index in [0.717, 1.165) is 103 Å². The van der Waals surface area contributed by atoms with E-state index in [1.54, 1.807) is 0 Å². The molecule has 0 aromatic heterocycles. The van der Waals surface area contributed by atoms with E-state index in [0.29, 0.717) is 19.3 Å². The van der Waals surface area contributed by atoms with Crippen LogP contribution in [-0.2, 0) is 28.6 Å². The van der Waals surface area contributed by atoms with Crippen LogP contribution in [0.3, 0.4) is 0 Å². The lowest BCUT2D eigenvalue weighted by atomic mass is 10.0. The van der Waals surface area contributed by atoms with Gasteiger partial charge in [0.2, 0.25) is 0 Å². The molecule has 0 saturated heterocycles. The van der Waals surface area contributed by atoms with Crippen molar-refractivity contribution in [3.63, 3.8) is 0 Å². The quantitative estimate of drug-likeness (QED) is 0.0262. The summed E-state index contributed by atoms with van der Waals surface area (Å²) in [6.07, 6.45) is 67.8. The number of unbranched alkanes of at least 4 members (excludes halogenated alkanes) is 26. The van der Waals surface area contributed by atoms with Gasteiger partial charge in [0.1, 0.15) is 13.2 Å². The summed E-state index contributed by atoms with van der Waals surface area (Å²) in [5.41, 5.74) is 0. The smallest absolute Gasteiger partial charge is 0.306 e. The lowest BCUT2D eigenvalue weighted by molar-refractivity contribution is -0.167. The first kappa shape index (κ1) is 61.9. The van der Waals surface area contributed by atoms with E-state index in [1.165, 1.54) is 122 Å². The molecule has 0 amide bonds. The minimum Gasteiger partial charge on any atom is -0.462 e. The highest BCUT2D eigenvalue weighted by molar-refractivity contribution is 5.71. The van der Waals surface area contributed by atoms with Crippen molar-refractivity contribution < 1.29 is 28.6 Å². The van der Waals surface area contributed by atoms with Crippen molar-refractivity contribution >= 4 is 17.9 Å². The number of rotatable bonds is 49. The average Bonchev–Trinajstić information content (AvgIpc) is 3.30. The fraction of sp³-hybridized carbons (Fsp3) is 0.746. The Morgan fingerprint density at radius 3 is 1.00 bits per heavy atom. The van der Waals surface area contributed by atoms with Crippen LogP contribution < -0.4 is 0 Å². The highest BCUT2D eigenvalue weighted by atomic mass is 16.6. The Balaban J connectivity index is 4.05. The molecular weight excluding hydrogens is 805 g/mol. The van der Waals surface area contributed by atoms with Crippen molar-refractivity contribution in [3.8, 4) is 0 Å². The number of esters is 3. The van der Waals surface area contributed by atoms with Crippen molar-refractivity contribution in [3.05, 3.63) is 72.9 Å². The molecule has 6 heteroatoms. The number of carbonyl (C=O) groups excluding carboxylic acids is 3. The zero-order valence-electron chi connectivity index (χ0n) is 42.7. The van der Waals surface area contributed by atoms with Gasteiger partial charge in [-0.1, -0.05) is 235 Å². The van der Waals surface area contributed by atoms with E-state index in [1.807, 2.05) is 0 Å². The molecule has 374 valence electrons. The van der Waals surface area contributed by atoms with Gasteiger partial charge in [-0.15, -0.1) is 0 Å². The normalized spacial score (nSPS) is 12.6. The molecule has 0 rings (SSSR count). The van der Waals surface area contributed by atoms with Gasteiger partial charge in [-0.05, 0) is 83.5 Å². The molecule has 0 aliphatic carbocycles. The first-order valence-corrected chi connectivity index (χ1v) is 27.4. The van der Waals surface area contributed by atoms with E-state index in [-0.39, 0.29) is 31.1 Å². The second-order valence-corrected chi connectivity index (χ2v) is 18.1. The first-order chi connectivity index (χ1) is 32.0. The maximum absolute atomic E-state index is 12.7. The van der Waals surface area contributed by atoms with Crippen LogP contribution >= 0.6 is 0 Å². The molecule has 0 aliphatic rings. The van der Waals surface area contributed by atoms with Gasteiger partial charge in [0.25, 0.3) is 0 Å². The highest BCUT2D eigenvalue weighted by Crippen LogP contribution is 2.15. The molecule has 0 bridgehead atoms. The molecule has 0 fully saturated rings. The summed E-state index contributed by atoms with van der Waals surface area (Å²) in [5, 5.41) is 0. The number of hydrogen-bond donors (Lipinski definition) is 0. The summed E-state index contributed by atoms with van der Waals surface area (Å²) in [7, 11) is 0. The fourth-order valence-corrected chi connectivity index (χ4v) is 7.57. The predicted octanol–water partition coefficient (Wildman–Crippen LogP) is 18.2.